The molecule has 0 saturated carbocycles. The number of hydrogen-bond acceptors (Lipinski definition) is 3. The largest absolute Gasteiger partial charge is 0.456 e. The molecule has 21 heavy (non-hydrogen) atoms. The molecule has 0 fully saturated rings. The highest BCUT2D eigenvalue weighted by atomic mass is 16.5. The number of rotatable bonds is 2. The molecule has 2 N–H and O–H groups in total. The summed E-state index contributed by atoms with van der Waals surface area (Å²) in [4.78, 5) is 0. The lowest BCUT2D eigenvalue weighted by molar-refractivity contribution is 0.454. The van der Waals surface area contributed by atoms with Crippen molar-refractivity contribution in [1.82, 2.24) is 0 Å². The van der Waals surface area contributed by atoms with Crippen LogP contribution in [-0.2, 0) is 5.41 Å². The Morgan fingerprint density at radius 1 is 1.05 bits per heavy atom. The lowest BCUT2D eigenvalue weighted by Gasteiger charge is -2.23. The Balaban J connectivity index is 2.50. The van der Waals surface area contributed by atoms with Crippen molar-refractivity contribution in [3.8, 4) is 17.6 Å². The third-order valence-electron chi connectivity index (χ3n) is 3.29. The number of nitrogens with zero attached hydrogens (tertiary/aromatic N) is 1. The average molecular weight is 280 g/mol. The molecule has 3 heteroatoms. The first-order valence-corrected chi connectivity index (χ1v) is 6.90. The number of ether oxygens (including phenoxy) is 1. The van der Waals surface area contributed by atoms with Crippen molar-refractivity contribution in [1.29, 1.82) is 5.26 Å². The lowest BCUT2D eigenvalue weighted by atomic mass is 9.86. The van der Waals surface area contributed by atoms with E-state index in [-0.39, 0.29) is 5.41 Å². The fraction of sp³-hybridized carbons (Fsp3) is 0.278. The summed E-state index contributed by atoms with van der Waals surface area (Å²) in [6.45, 7) is 8.43. The Morgan fingerprint density at radius 2 is 1.76 bits per heavy atom. The highest BCUT2D eigenvalue weighted by Gasteiger charge is 2.20. The van der Waals surface area contributed by atoms with Gasteiger partial charge in [0.2, 0.25) is 0 Å². The number of nitriles is 1. The first-order chi connectivity index (χ1) is 9.81. The molecule has 0 saturated heterocycles. The van der Waals surface area contributed by atoms with Gasteiger partial charge in [0.05, 0.1) is 5.56 Å². The number of benzene rings is 2. The lowest BCUT2D eigenvalue weighted by Crippen LogP contribution is -2.12. The third-order valence-corrected chi connectivity index (χ3v) is 3.29. The number of nitrogen functional groups attached to an aromatic ring is 1. The van der Waals surface area contributed by atoms with E-state index < -0.39 is 0 Å². The molecule has 0 aliphatic heterocycles. The molecule has 0 radical (unpaired) electrons. The summed E-state index contributed by atoms with van der Waals surface area (Å²) >= 11 is 0. The topological polar surface area (TPSA) is 59.0 Å². The van der Waals surface area contributed by atoms with Gasteiger partial charge in [0.1, 0.15) is 17.6 Å². The number of aryl methyl sites for hydroxylation is 1. The van der Waals surface area contributed by atoms with Crippen LogP contribution in [0.25, 0.3) is 0 Å². The summed E-state index contributed by atoms with van der Waals surface area (Å²) in [5, 5.41) is 9.22. The maximum absolute atomic E-state index is 9.22. The number of hydrogen-bond donors (Lipinski definition) is 1. The van der Waals surface area contributed by atoms with E-state index in [1.165, 1.54) is 0 Å². The predicted molar refractivity (Wildman–Crippen MR) is 85.5 cm³/mol. The summed E-state index contributed by atoms with van der Waals surface area (Å²) < 4.78 is 6.02. The van der Waals surface area contributed by atoms with Crippen LogP contribution in [0.15, 0.2) is 36.4 Å². The average Bonchev–Trinajstić information content (AvgIpc) is 2.39. The zero-order valence-electron chi connectivity index (χ0n) is 12.9. The second kappa shape index (κ2) is 5.49. The molecule has 0 spiro atoms. The molecule has 0 atom stereocenters. The van der Waals surface area contributed by atoms with E-state index in [2.05, 4.69) is 39.0 Å². The van der Waals surface area contributed by atoms with Crippen molar-refractivity contribution in [3.05, 3.63) is 53.1 Å². The minimum Gasteiger partial charge on any atom is -0.456 e. The molecule has 2 aromatic carbocycles. The Kier molecular flexibility index (Phi) is 3.90. The zero-order valence-corrected chi connectivity index (χ0v) is 12.9. The van der Waals surface area contributed by atoms with Gasteiger partial charge in [0.25, 0.3) is 0 Å². The summed E-state index contributed by atoms with van der Waals surface area (Å²) in [5.41, 5.74) is 8.89. The minimum atomic E-state index is -0.0380. The van der Waals surface area contributed by atoms with E-state index in [1.807, 2.05) is 13.0 Å². The van der Waals surface area contributed by atoms with Crippen LogP contribution in [0.5, 0.6) is 11.5 Å². The molecule has 2 aromatic rings. The van der Waals surface area contributed by atoms with Crippen LogP contribution < -0.4 is 10.5 Å². The zero-order chi connectivity index (χ0) is 15.6. The maximum atomic E-state index is 9.22. The molecule has 0 amide bonds. The van der Waals surface area contributed by atoms with Crippen LogP contribution in [0, 0.1) is 18.3 Å². The summed E-state index contributed by atoms with van der Waals surface area (Å²) in [6.07, 6.45) is 0. The van der Waals surface area contributed by atoms with Crippen LogP contribution in [0.3, 0.4) is 0 Å². The van der Waals surface area contributed by atoms with Gasteiger partial charge < -0.3 is 10.5 Å². The van der Waals surface area contributed by atoms with Gasteiger partial charge in [-0.25, -0.2) is 0 Å². The normalized spacial score (nSPS) is 11.0. The molecule has 0 aliphatic rings. The summed E-state index contributed by atoms with van der Waals surface area (Å²) in [5.74, 6) is 1.31. The molecule has 108 valence electrons. The standard InChI is InChI=1S/C18H20N2O/c1-12-5-7-15(18(2,3)4)17(9-12)21-16-8-6-14(20)10-13(16)11-19/h5-10H,20H2,1-4H3. The van der Waals surface area contributed by atoms with Crippen molar-refractivity contribution in [2.75, 3.05) is 5.73 Å². The predicted octanol–water partition coefficient (Wildman–Crippen LogP) is 4.54. The Morgan fingerprint density at radius 3 is 2.38 bits per heavy atom. The van der Waals surface area contributed by atoms with Gasteiger partial charge in [0.15, 0.2) is 0 Å². The highest BCUT2D eigenvalue weighted by molar-refractivity contribution is 5.55. The first kappa shape index (κ1) is 14.9. The van der Waals surface area contributed by atoms with E-state index in [4.69, 9.17) is 10.5 Å². The maximum Gasteiger partial charge on any atom is 0.145 e. The second-order valence-corrected chi connectivity index (χ2v) is 6.22. The van der Waals surface area contributed by atoms with Crippen molar-refractivity contribution in [3.63, 3.8) is 0 Å². The van der Waals surface area contributed by atoms with E-state index in [9.17, 15) is 5.26 Å². The van der Waals surface area contributed by atoms with Crippen molar-refractivity contribution >= 4 is 5.69 Å². The SMILES string of the molecule is Cc1ccc(C(C)(C)C)c(Oc2ccc(N)cc2C#N)c1. The van der Waals surface area contributed by atoms with Gasteiger partial charge in [-0.15, -0.1) is 0 Å². The van der Waals surface area contributed by atoms with Gasteiger partial charge in [-0.1, -0.05) is 32.9 Å². The van der Waals surface area contributed by atoms with E-state index >= 15 is 0 Å². The number of nitrogens with two attached hydrogens (primary N) is 1. The quantitative estimate of drug-likeness (QED) is 0.822. The Bertz CT molecular complexity index is 706. The summed E-state index contributed by atoms with van der Waals surface area (Å²) in [7, 11) is 0. The molecule has 0 bridgehead atoms. The van der Waals surface area contributed by atoms with Gasteiger partial charge in [-0.05, 0) is 42.2 Å². The van der Waals surface area contributed by atoms with Crippen molar-refractivity contribution < 1.29 is 4.74 Å². The number of anilines is 1. The smallest absolute Gasteiger partial charge is 0.145 e. The first-order valence-electron chi connectivity index (χ1n) is 6.90. The van der Waals surface area contributed by atoms with Gasteiger partial charge in [-0.2, -0.15) is 5.26 Å². The fourth-order valence-corrected chi connectivity index (χ4v) is 2.18. The third kappa shape index (κ3) is 3.35. The molecular formula is C18H20N2O. The van der Waals surface area contributed by atoms with Gasteiger partial charge in [0, 0.05) is 11.3 Å². The van der Waals surface area contributed by atoms with E-state index in [1.54, 1.807) is 18.2 Å². The molecular weight excluding hydrogens is 260 g/mol. The molecule has 0 unspecified atom stereocenters. The monoisotopic (exact) mass is 280 g/mol. The van der Waals surface area contributed by atoms with Crippen molar-refractivity contribution in [2.24, 2.45) is 0 Å². The molecule has 2 rings (SSSR count). The minimum absolute atomic E-state index is 0.0380. The fourth-order valence-electron chi connectivity index (χ4n) is 2.18. The van der Waals surface area contributed by atoms with Crippen LogP contribution in [0.1, 0.15) is 37.5 Å². The molecule has 0 aliphatic carbocycles. The highest BCUT2D eigenvalue weighted by Crippen LogP contribution is 2.36. The van der Waals surface area contributed by atoms with Gasteiger partial charge >= 0.3 is 0 Å². The van der Waals surface area contributed by atoms with E-state index in [0.29, 0.717) is 17.0 Å². The van der Waals surface area contributed by atoms with Crippen LogP contribution in [-0.4, -0.2) is 0 Å². The van der Waals surface area contributed by atoms with E-state index in [0.717, 1.165) is 16.9 Å². The molecule has 3 nitrogen and oxygen atoms in total. The van der Waals surface area contributed by atoms with Crippen LogP contribution >= 0.6 is 0 Å². The van der Waals surface area contributed by atoms with Crippen molar-refractivity contribution in [2.45, 2.75) is 33.1 Å². The molecule has 0 aromatic heterocycles. The Hall–Kier alpha value is -2.47. The van der Waals surface area contributed by atoms with Crippen LogP contribution in [0.2, 0.25) is 0 Å². The molecule has 0 heterocycles. The van der Waals surface area contributed by atoms with Crippen LogP contribution in [0.4, 0.5) is 5.69 Å². The Labute approximate surface area is 126 Å². The second-order valence-electron chi connectivity index (χ2n) is 6.22. The summed E-state index contributed by atoms with van der Waals surface area (Å²) in [6, 6.07) is 13.4. The van der Waals surface area contributed by atoms with Gasteiger partial charge in [-0.3, -0.25) is 0 Å².